The molecule has 1 N–H and O–H groups in total. The molecule has 2 bridgehead atoms. The van der Waals surface area contributed by atoms with E-state index in [9.17, 15) is 4.79 Å². The number of carboxylic acid groups (broad SMARTS) is 1. The summed E-state index contributed by atoms with van der Waals surface area (Å²) in [5.74, 6) is 1.96. The van der Waals surface area contributed by atoms with Gasteiger partial charge in [0.1, 0.15) is 0 Å². The molecule has 3 atom stereocenters. The molecule has 0 saturated heterocycles. The van der Waals surface area contributed by atoms with Gasteiger partial charge < -0.3 is 5.11 Å². The zero-order chi connectivity index (χ0) is 8.55. The van der Waals surface area contributed by atoms with Gasteiger partial charge in [0.2, 0.25) is 0 Å². The second-order valence-corrected chi connectivity index (χ2v) is 4.37. The molecule has 0 aromatic carbocycles. The fourth-order valence-electron chi connectivity index (χ4n) is 3.04. The van der Waals surface area contributed by atoms with Crippen LogP contribution < -0.4 is 0 Å². The van der Waals surface area contributed by atoms with Gasteiger partial charge in [-0.05, 0) is 43.4 Å². The van der Waals surface area contributed by atoms with Crippen molar-refractivity contribution in [2.45, 2.75) is 38.5 Å². The fourth-order valence-corrected chi connectivity index (χ4v) is 3.04. The molecule has 2 saturated carbocycles. The second kappa shape index (κ2) is 3.08. The van der Waals surface area contributed by atoms with E-state index in [1.54, 1.807) is 0 Å². The Labute approximate surface area is 73.0 Å². The van der Waals surface area contributed by atoms with Crippen molar-refractivity contribution in [3.63, 3.8) is 0 Å². The van der Waals surface area contributed by atoms with Crippen LogP contribution in [0.2, 0.25) is 0 Å². The Hall–Kier alpha value is -0.530. The summed E-state index contributed by atoms with van der Waals surface area (Å²) in [5.41, 5.74) is 0. The molecule has 0 aromatic rings. The molecule has 2 nitrogen and oxygen atoms in total. The summed E-state index contributed by atoms with van der Waals surface area (Å²) < 4.78 is 0. The van der Waals surface area contributed by atoms with Crippen LogP contribution >= 0.6 is 0 Å². The lowest BCUT2D eigenvalue weighted by molar-refractivity contribution is -0.137. The van der Waals surface area contributed by atoms with Gasteiger partial charge in [0, 0.05) is 6.42 Å². The first kappa shape index (κ1) is 8.09. The van der Waals surface area contributed by atoms with Crippen molar-refractivity contribution in [1.82, 2.24) is 0 Å². The molecule has 2 rings (SSSR count). The summed E-state index contributed by atoms with van der Waals surface area (Å²) in [5, 5.41) is 8.54. The maximum atomic E-state index is 10.4. The van der Waals surface area contributed by atoms with Crippen molar-refractivity contribution in [3.05, 3.63) is 0 Å². The molecule has 2 aliphatic carbocycles. The topological polar surface area (TPSA) is 37.3 Å². The highest BCUT2D eigenvalue weighted by molar-refractivity contribution is 5.66. The first-order valence-electron chi connectivity index (χ1n) is 4.97. The van der Waals surface area contributed by atoms with Gasteiger partial charge in [-0.25, -0.2) is 0 Å². The van der Waals surface area contributed by atoms with Gasteiger partial charge in [-0.2, -0.15) is 0 Å². The van der Waals surface area contributed by atoms with E-state index in [-0.39, 0.29) is 0 Å². The third-order valence-corrected chi connectivity index (χ3v) is 3.61. The van der Waals surface area contributed by atoms with E-state index < -0.39 is 5.97 Å². The summed E-state index contributed by atoms with van der Waals surface area (Å²) in [7, 11) is 0. The van der Waals surface area contributed by atoms with Crippen molar-refractivity contribution in [3.8, 4) is 0 Å². The average Bonchev–Trinajstić information content (AvgIpc) is 2.60. The number of rotatable bonds is 3. The lowest BCUT2D eigenvalue weighted by atomic mass is 9.85. The van der Waals surface area contributed by atoms with Gasteiger partial charge in [-0.3, -0.25) is 4.79 Å². The van der Waals surface area contributed by atoms with Crippen LogP contribution in [-0.4, -0.2) is 11.1 Å². The van der Waals surface area contributed by atoms with E-state index in [2.05, 4.69) is 0 Å². The Kier molecular flexibility index (Phi) is 2.07. The van der Waals surface area contributed by atoms with Gasteiger partial charge in [0.25, 0.3) is 0 Å². The van der Waals surface area contributed by atoms with Crippen molar-refractivity contribution in [2.24, 2.45) is 17.8 Å². The monoisotopic (exact) mass is 168 g/mol. The highest BCUT2D eigenvalue weighted by Crippen LogP contribution is 2.49. The lowest BCUT2D eigenvalue weighted by Gasteiger charge is -2.20. The Morgan fingerprint density at radius 3 is 2.67 bits per heavy atom. The van der Waals surface area contributed by atoms with Gasteiger partial charge in [-0.15, -0.1) is 0 Å². The minimum Gasteiger partial charge on any atom is -0.481 e. The van der Waals surface area contributed by atoms with Crippen LogP contribution in [-0.2, 0) is 4.79 Å². The average molecular weight is 168 g/mol. The number of aliphatic carboxylic acids is 1. The van der Waals surface area contributed by atoms with Gasteiger partial charge in [-0.1, -0.05) is 6.42 Å². The maximum absolute atomic E-state index is 10.4. The van der Waals surface area contributed by atoms with Crippen molar-refractivity contribution in [1.29, 1.82) is 0 Å². The molecule has 0 spiro atoms. The van der Waals surface area contributed by atoms with E-state index >= 15 is 0 Å². The van der Waals surface area contributed by atoms with Crippen LogP contribution in [0.5, 0.6) is 0 Å². The van der Waals surface area contributed by atoms with E-state index in [4.69, 9.17) is 5.11 Å². The third-order valence-electron chi connectivity index (χ3n) is 3.61. The molecule has 68 valence electrons. The zero-order valence-corrected chi connectivity index (χ0v) is 7.33. The Balaban J connectivity index is 1.79. The molecule has 0 aliphatic heterocycles. The third kappa shape index (κ3) is 1.47. The molecular formula is C10H16O2. The van der Waals surface area contributed by atoms with E-state index in [0.717, 1.165) is 24.2 Å². The highest BCUT2D eigenvalue weighted by atomic mass is 16.4. The van der Waals surface area contributed by atoms with Crippen LogP contribution in [0.25, 0.3) is 0 Å². The Morgan fingerprint density at radius 2 is 2.17 bits per heavy atom. The maximum Gasteiger partial charge on any atom is 0.303 e. The number of carbonyl (C=O) groups is 1. The number of hydrogen-bond acceptors (Lipinski definition) is 1. The van der Waals surface area contributed by atoms with E-state index in [1.165, 1.54) is 25.7 Å². The molecule has 2 fully saturated rings. The summed E-state index contributed by atoms with van der Waals surface area (Å²) >= 11 is 0. The molecule has 0 heterocycles. The largest absolute Gasteiger partial charge is 0.481 e. The molecule has 2 heteroatoms. The SMILES string of the molecule is O=C(O)CC[C@@H]1C[C@H]2CC[C@H]1C2. The molecule has 12 heavy (non-hydrogen) atoms. The fraction of sp³-hybridized carbons (Fsp3) is 0.900. The van der Waals surface area contributed by atoms with Gasteiger partial charge in [0.05, 0.1) is 0 Å². The molecule has 0 unspecified atom stereocenters. The first-order chi connectivity index (χ1) is 5.75. The van der Waals surface area contributed by atoms with Crippen LogP contribution in [0.1, 0.15) is 38.5 Å². The van der Waals surface area contributed by atoms with Gasteiger partial charge >= 0.3 is 5.97 Å². The summed E-state index contributed by atoms with van der Waals surface area (Å²) in [6, 6.07) is 0. The van der Waals surface area contributed by atoms with Crippen LogP contribution in [0.3, 0.4) is 0 Å². The van der Waals surface area contributed by atoms with Crippen molar-refractivity contribution >= 4 is 5.97 Å². The standard InChI is InChI=1S/C10H16O2/c11-10(12)4-3-9-6-7-1-2-8(9)5-7/h7-9H,1-6H2,(H,11,12)/t7-,8-,9+/m0/s1. The first-order valence-corrected chi connectivity index (χ1v) is 4.97. The lowest BCUT2D eigenvalue weighted by Crippen LogP contribution is -2.11. The van der Waals surface area contributed by atoms with Crippen molar-refractivity contribution in [2.75, 3.05) is 0 Å². The number of hydrogen-bond donors (Lipinski definition) is 1. The summed E-state index contributed by atoms with van der Waals surface area (Å²) in [4.78, 5) is 10.4. The van der Waals surface area contributed by atoms with E-state index in [0.29, 0.717) is 6.42 Å². The van der Waals surface area contributed by atoms with Gasteiger partial charge in [0.15, 0.2) is 0 Å². The normalized spacial score (nSPS) is 38.8. The minimum absolute atomic E-state index is 0.383. The predicted molar refractivity (Wildman–Crippen MR) is 45.8 cm³/mol. The quantitative estimate of drug-likeness (QED) is 0.702. The summed E-state index contributed by atoms with van der Waals surface area (Å²) in [6.07, 6.45) is 6.80. The highest BCUT2D eigenvalue weighted by Gasteiger charge is 2.38. The van der Waals surface area contributed by atoms with Crippen LogP contribution in [0.15, 0.2) is 0 Å². The van der Waals surface area contributed by atoms with Crippen LogP contribution in [0, 0.1) is 17.8 Å². The molecule has 0 amide bonds. The molecule has 0 radical (unpaired) electrons. The number of carboxylic acids is 1. The molecule has 0 aromatic heterocycles. The zero-order valence-electron chi connectivity index (χ0n) is 7.33. The van der Waals surface area contributed by atoms with Crippen molar-refractivity contribution < 1.29 is 9.90 Å². The Morgan fingerprint density at radius 1 is 1.33 bits per heavy atom. The minimum atomic E-state index is -0.627. The predicted octanol–water partition coefficient (Wildman–Crippen LogP) is 2.29. The van der Waals surface area contributed by atoms with Crippen LogP contribution in [0.4, 0.5) is 0 Å². The number of fused-ring (bicyclic) bond motifs is 2. The Bertz CT molecular complexity index is 188. The second-order valence-electron chi connectivity index (χ2n) is 4.37. The molecular weight excluding hydrogens is 152 g/mol. The molecule has 2 aliphatic rings. The van der Waals surface area contributed by atoms with E-state index in [1.807, 2.05) is 0 Å². The summed E-state index contributed by atoms with van der Waals surface area (Å²) in [6.45, 7) is 0. The smallest absolute Gasteiger partial charge is 0.303 e.